The number of carboxylic acids is 1. The molecule has 24 heavy (non-hydrogen) atoms. The number of halogens is 1. The summed E-state index contributed by atoms with van der Waals surface area (Å²) in [5.41, 5.74) is 1.66. The Bertz CT molecular complexity index is 906. The number of aromatic carboxylic acids is 1. The topological polar surface area (TPSA) is 90.1 Å². The molecule has 1 N–H and O–H groups in total. The van der Waals surface area contributed by atoms with Crippen LogP contribution in [0.2, 0.25) is 0 Å². The van der Waals surface area contributed by atoms with Crippen LogP contribution in [-0.2, 0) is 0 Å². The van der Waals surface area contributed by atoms with Gasteiger partial charge in [-0.1, -0.05) is 0 Å². The lowest BCUT2D eigenvalue weighted by Crippen LogP contribution is -2.04. The molecule has 3 aromatic rings. The second-order valence-electron chi connectivity index (χ2n) is 5.12. The quantitative estimate of drug-likeness (QED) is 0.792. The van der Waals surface area contributed by atoms with Gasteiger partial charge in [-0.2, -0.15) is 5.10 Å². The van der Waals surface area contributed by atoms with Crippen molar-refractivity contribution in [1.82, 2.24) is 20.0 Å². The van der Waals surface area contributed by atoms with Gasteiger partial charge in [-0.05, 0) is 44.2 Å². The largest absolute Gasteiger partial charge is 0.478 e. The van der Waals surface area contributed by atoms with Crippen molar-refractivity contribution in [3.8, 4) is 17.4 Å². The van der Waals surface area contributed by atoms with E-state index in [4.69, 9.17) is 9.84 Å². The number of ether oxygens (including phenoxy) is 1. The number of nitrogens with zero attached hydrogens (tertiary/aromatic N) is 4. The molecule has 0 saturated carbocycles. The molecule has 3 rings (SSSR count). The number of carboxylic acid groups (broad SMARTS) is 1. The minimum atomic E-state index is -1.18. The van der Waals surface area contributed by atoms with Crippen LogP contribution >= 0.6 is 0 Å². The fourth-order valence-corrected chi connectivity index (χ4v) is 2.17. The number of aryl methyl sites for hydroxylation is 2. The molecule has 0 radical (unpaired) electrons. The Balaban J connectivity index is 1.86. The Labute approximate surface area is 136 Å². The second kappa shape index (κ2) is 6.07. The smallest absolute Gasteiger partial charge is 0.335 e. The van der Waals surface area contributed by atoms with Crippen molar-refractivity contribution in [1.29, 1.82) is 0 Å². The highest BCUT2D eigenvalue weighted by atomic mass is 19.1. The number of aromatic nitrogens is 4. The highest BCUT2D eigenvalue weighted by Crippen LogP contribution is 2.24. The van der Waals surface area contributed by atoms with Crippen LogP contribution in [-0.4, -0.2) is 31.1 Å². The van der Waals surface area contributed by atoms with E-state index in [1.54, 1.807) is 10.7 Å². The molecule has 8 heteroatoms. The van der Waals surface area contributed by atoms with Gasteiger partial charge in [-0.15, -0.1) is 10.2 Å². The number of hydrogen-bond donors (Lipinski definition) is 1. The van der Waals surface area contributed by atoms with Crippen LogP contribution in [0.25, 0.3) is 5.82 Å². The van der Waals surface area contributed by atoms with Crippen LogP contribution in [0, 0.1) is 19.7 Å². The maximum atomic E-state index is 13.7. The third kappa shape index (κ3) is 3.07. The van der Waals surface area contributed by atoms with Gasteiger partial charge < -0.3 is 9.84 Å². The zero-order valence-electron chi connectivity index (χ0n) is 12.9. The molecule has 0 aliphatic carbocycles. The number of benzene rings is 1. The summed E-state index contributed by atoms with van der Waals surface area (Å²) in [7, 11) is 0. The molecule has 0 spiro atoms. The average molecular weight is 328 g/mol. The predicted octanol–water partition coefficient (Wildman–Crippen LogP) is 2.91. The molecule has 0 aliphatic heterocycles. The zero-order valence-corrected chi connectivity index (χ0v) is 12.9. The van der Waals surface area contributed by atoms with Crippen LogP contribution in [0.5, 0.6) is 11.6 Å². The molecule has 0 amide bonds. The molecule has 0 aliphatic rings. The lowest BCUT2D eigenvalue weighted by Gasteiger charge is -2.07. The minimum absolute atomic E-state index is 0.0433. The average Bonchev–Trinajstić information content (AvgIpc) is 2.88. The molecule has 0 unspecified atom stereocenters. The van der Waals surface area contributed by atoms with Crippen LogP contribution in [0.1, 0.15) is 21.7 Å². The first-order valence-electron chi connectivity index (χ1n) is 7.02. The summed E-state index contributed by atoms with van der Waals surface area (Å²) < 4.78 is 20.6. The van der Waals surface area contributed by atoms with Gasteiger partial charge in [0.05, 0.1) is 11.3 Å². The maximum Gasteiger partial charge on any atom is 0.335 e. The molecule has 0 fully saturated rings. The van der Waals surface area contributed by atoms with E-state index in [0.29, 0.717) is 5.82 Å². The van der Waals surface area contributed by atoms with Gasteiger partial charge in [0.25, 0.3) is 0 Å². The molecule has 0 saturated heterocycles. The third-order valence-corrected chi connectivity index (χ3v) is 3.25. The van der Waals surface area contributed by atoms with Crippen molar-refractivity contribution < 1.29 is 19.0 Å². The van der Waals surface area contributed by atoms with Gasteiger partial charge >= 0.3 is 5.97 Å². The third-order valence-electron chi connectivity index (χ3n) is 3.25. The van der Waals surface area contributed by atoms with Crippen LogP contribution in [0.4, 0.5) is 4.39 Å². The molecular formula is C16H13FN4O3. The fourth-order valence-electron chi connectivity index (χ4n) is 2.17. The standard InChI is InChI=1S/C16H13FN4O3/c1-9-7-10(2)21(20-9)14-5-6-15(19-18-14)24-13-8-11(16(22)23)3-4-12(13)17/h3-8H,1-2H3,(H,22,23). The predicted molar refractivity (Wildman–Crippen MR) is 82.1 cm³/mol. The summed E-state index contributed by atoms with van der Waals surface area (Å²) in [5.74, 6) is -1.56. The molecule has 2 aromatic heterocycles. The lowest BCUT2D eigenvalue weighted by atomic mass is 10.2. The Morgan fingerprint density at radius 1 is 1.17 bits per heavy atom. The van der Waals surface area contributed by atoms with Crippen LogP contribution in [0.3, 0.4) is 0 Å². The summed E-state index contributed by atoms with van der Waals surface area (Å²) in [4.78, 5) is 10.9. The van der Waals surface area contributed by atoms with Crippen molar-refractivity contribution in [2.75, 3.05) is 0 Å². The Morgan fingerprint density at radius 3 is 2.54 bits per heavy atom. The van der Waals surface area contributed by atoms with Crippen molar-refractivity contribution in [2.45, 2.75) is 13.8 Å². The van der Waals surface area contributed by atoms with Crippen LogP contribution in [0.15, 0.2) is 36.4 Å². The van der Waals surface area contributed by atoms with Crippen molar-refractivity contribution in [2.24, 2.45) is 0 Å². The molecule has 0 atom stereocenters. The second-order valence-corrected chi connectivity index (χ2v) is 5.12. The van der Waals surface area contributed by atoms with E-state index in [0.717, 1.165) is 29.6 Å². The SMILES string of the molecule is Cc1cc(C)n(-c2ccc(Oc3cc(C(=O)O)ccc3F)nn2)n1. The van der Waals surface area contributed by atoms with Gasteiger partial charge in [0.15, 0.2) is 17.4 Å². The molecular weight excluding hydrogens is 315 g/mol. The lowest BCUT2D eigenvalue weighted by molar-refractivity contribution is 0.0696. The highest BCUT2D eigenvalue weighted by molar-refractivity contribution is 5.88. The van der Waals surface area contributed by atoms with E-state index in [2.05, 4.69) is 15.3 Å². The van der Waals surface area contributed by atoms with E-state index >= 15 is 0 Å². The van der Waals surface area contributed by atoms with E-state index in [1.807, 2.05) is 19.9 Å². The van der Waals surface area contributed by atoms with Gasteiger partial charge in [0, 0.05) is 11.8 Å². The van der Waals surface area contributed by atoms with Gasteiger partial charge in [-0.3, -0.25) is 0 Å². The number of hydrogen-bond acceptors (Lipinski definition) is 5. The Morgan fingerprint density at radius 2 is 1.96 bits per heavy atom. The normalized spacial score (nSPS) is 10.6. The van der Waals surface area contributed by atoms with Crippen molar-refractivity contribution >= 4 is 5.97 Å². The highest BCUT2D eigenvalue weighted by Gasteiger charge is 2.12. The first-order chi connectivity index (χ1) is 11.4. The summed E-state index contributed by atoms with van der Waals surface area (Å²) in [5, 5.41) is 21.1. The van der Waals surface area contributed by atoms with E-state index in [-0.39, 0.29) is 17.2 Å². The summed E-state index contributed by atoms with van der Waals surface area (Å²) >= 11 is 0. The van der Waals surface area contributed by atoms with E-state index in [1.165, 1.54) is 6.07 Å². The first kappa shape index (κ1) is 15.6. The first-order valence-corrected chi connectivity index (χ1v) is 7.02. The molecule has 7 nitrogen and oxygen atoms in total. The Kier molecular flexibility index (Phi) is 3.95. The summed E-state index contributed by atoms with van der Waals surface area (Å²) in [6.07, 6.45) is 0. The molecule has 2 heterocycles. The van der Waals surface area contributed by atoms with E-state index in [9.17, 15) is 9.18 Å². The minimum Gasteiger partial charge on any atom is -0.478 e. The number of carbonyl (C=O) groups is 1. The summed E-state index contributed by atoms with van der Waals surface area (Å²) in [6, 6.07) is 8.30. The van der Waals surface area contributed by atoms with Crippen LogP contribution < -0.4 is 4.74 Å². The molecule has 122 valence electrons. The van der Waals surface area contributed by atoms with Gasteiger partial charge in [-0.25, -0.2) is 13.9 Å². The van der Waals surface area contributed by atoms with E-state index < -0.39 is 11.8 Å². The monoisotopic (exact) mass is 328 g/mol. The maximum absolute atomic E-state index is 13.7. The fraction of sp³-hybridized carbons (Fsp3) is 0.125. The Hall–Kier alpha value is -3.29. The molecule has 1 aromatic carbocycles. The van der Waals surface area contributed by atoms with Gasteiger partial charge in [0.2, 0.25) is 5.88 Å². The van der Waals surface area contributed by atoms with Crippen molar-refractivity contribution in [3.63, 3.8) is 0 Å². The van der Waals surface area contributed by atoms with Crippen molar-refractivity contribution in [3.05, 3.63) is 59.2 Å². The van der Waals surface area contributed by atoms with Gasteiger partial charge in [0.1, 0.15) is 0 Å². The zero-order chi connectivity index (χ0) is 17.3. The summed E-state index contributed by atoms with van der Waals surface area (Å²) in [6.45, 7) is 3.76. The number of rotatable bonds is 4. The molecule has 0 bridgehead atoms.